The number of aryl methyl sites for hydroxylation is 2. The summed E-state index contributed by atoms with van der Waals surface area (Å²) in [6, 6.07) is 13.9. The highest BCUT2D eigenvalue weighted by molar-refractivity contribution is 6.34. The number of aromatic nitrogens is 2. The number of carbonyl (C=O) groups is 1. The first kappa shape index (κ1) is 20.6. The standard InChI is InChI=1S/C24H27ClN4O/c1-16-7-5-10-20(25)22(16)24(30)28-23(21-11-3-4-12-26-21)18-9-6-8-17(13-18)19-14-27-29(2)15-19/h5-10,13-15,21,23,26H,3-4,11-12H2,1-2H3,(H,28,30)/t21-,23?/m0/s1. The lowest BCUT2D eigenvalue weighted by Crippen LogP contribution is -2.46. The van der Waals surface area contributed by atoms with Crippen LogP contribution in [0.5, 0.6) is 0 Å². The van der Waals surface area contributed by atoms with Crippen LogP contribution in [0.15, 0.2) is 54.9 Å². The molecule has 6 heteroatoms. The van der Waals surface area contributed by atoms with Crippen molar-refractivity contribution < 1.29 is 4.79 Å². The molecule has 1 fully saturated rings. The van der Waals surface area contributed by atoms with Gasteiger partial charge in [0.15, 0.2) is 0 Å². The van der Waals surface area contributed by atoms with Crippen molar-refractivity contribution in [3.05, 3.63) is 76.6 Å². The third-order valence-electron chi connectivity index (χ3n) is 5.77. The van der Waals surface area contributed by atoms with Gasteiger partial charge >= 0.3 is 0 Å². The van der Waals surface area contributed by atoms with Crippen molar-refractivity contribution >= 4 is 17.5 Å². The zero-order chi connectivity index (χ0) is 21.1. The number of hydrogen-bond acceptors (Lipinski definition) is 3. The number of halogens is 1. The van der Waals surface area contributed by atoms with E-state index in [1.807, 2.05) is 44.6 Å². The average Bonchev–Trinajstić information content (AvgIpc) is 3.19. The van der Waals surface area contributed by atoms with E-state index in [9.17, 15) is 4.79 Å². The summed E-state index contributed by atoms with van der Waals surface area (Å²) in [7, 11) is 1.91. The van der Waals surface area contributed by atoms with E-state index in [1.165, 1.54) is 0 Å². The lowest BCUT2D eigenvalue weighted by molar-refractivity contribution is 0.0922. The number of hydrogen-bond donors (Lipinski definition) is 2. The van der Waals surface area contributed by atoms with E-state index in [0.717, 1.165) is 48.1 Å². The molecule has 1 aliphatic heterocycles. The number of nitrogens with zero attached hydrogens (tertiary/aromatic N) is 2. The number of rotatable bonds is 5. The Kier molecular flexibility index (Phi) is 6.21. The number of amides is 1. The van der Waals surface area contributed by atoms with E-state index in [0.29, 0.717) is 10.6 Å². The van der Waals surface area contributed by atoms with E-state index in [4.69, 9.17) is 11.6 Å². The molecule has 0 saturated carbocycles. The minimum absolute atomic E-state index is 0.137. The second kappa shape index (κ2) is 9.02. The highest BCUT2D eigenvalue weighted by atomic mass is 35.5. The minimum atomic E-state index is -0.148. The third-order valence-corrected chi connectivity index (χ3v) is 6.09. The zero-order valence-electron chi connectivity index (χ0n) is 17.4. The summed E-state index contributed by atoms with van der Waals surface area (Å²) >= 11 is 6.36. The SMILES string of the molecule is Cc1cccc(Cl)c1C(=O)NC(c1cccc(-c2cnn(C)c2)c1)[C@@H]1CCCCN1. The summed E-state index contributed by atoms with van der Waals surface area (Å²) in [6.45, 7) is 2.88. The average molecular weight is 423 g/mol. The van der Waals surface area contributed by atoms with Gasteiger partial charge in [0.2, 0.25) is 0 Å². The Morgan fingerprint density at radius 3 is 2.77 bits per heavy atom. The highest BCUT2D eigenvalue weighted by Crippen LogP contribution is 2.29. The van der Waals surface area contributed by atoms with Gasteiger partial charge in [-0.15, -0.1) is 0 Å². The fourth-order valence-electron chi connectivity index (χ4n) is 4.19. The lowest BCUT2D eigenvalue weighted by Gasteiger charge is -2.33. The molecule has 4 rings (SSSR count). The summed E-state index contributed by atoms with van der Waals surface area (Å²) in [5.41, 5.74) is 4.64. The van der Waals surface area contributed by atoms with Gasteiger partial charge in [-0.1, -0.05) is 48.4 Å². The van der Waals surface area contributed by atoms with Crippen LogP contribution >= 0.6 is 11.6 Å². The summed E-state index contributed by atoms with van der Waals surface area (Å²) in [4.78, 5) is 13.2. The Morgan fingerprint density at radius 1 is 1.23 bits per heavy atom. The van der Waals surface area contributed by atoms with Gasteiger partial charge < -0.3 is 10.6 Å². The number of nitrogens with one attached hydrogen (secondary N) is 2. The monoisotopic (exact) mass is 422 g/mol. The Hall–Kier alpha value is -2.63. The topological polar surface area (TPSA) is 59.0 Å². The quantitative estimate of drug-likeness (QED) is 0.628. The van der Waals surface area contributed by atoms with Gasteiger partial charge in [0, 0.05) is 24.8 Å². The first-order valence-corrected chi connectivity index (χ1v) is 10.8. The van der Waals surface area contributed by atoms with Gasteiger partial charge in [-0.3, -0.25) is 9.48 Å². The van der Waals surface area contributed by atoms with Gasteiger partial charge in [-0.05, 0) is 55.1 Å². The Bertz CT molecular complexity index is 1020. The molecule has 2 atom stereocenters. The maximum atomic E-state index is 13.2. The Labute approximate surface area is 182 Å². The molecule has 156 valence electrons. The molecule has 1 amide bonds. The van der Waals surface area contributed by atoms with Crippen molar-refractivity contribution in [2.45, 2.75) is 38.3 Å². The van der Waals surface area contributed by atoms with E-state index in [1.54, 1.807) is 10.7 Å². The van der Waals surface area contributed by atoms with Crippen molar-refractivity contribution in [1.29, 1.82) is 0 Å². The van der Waals surface area contributed by atoms with E-state index in [2.05, 4.69) is 33.9 Å². The molecule has 0 radical (unpaired) electrons. The molecule has 2 N–H and O–H groups in total. The fourth-order valence-corrected chi connectivity index (χ4v) is 4.50. The van der Waals surface area contributed by atoms with Crippen LogP contribution in [0.25, 0.3) is 11.1 Å². The smallest absolute Gasteiger partial charge is 0.253 e. The predicted molar refractivity (Wildman–Crippen MR) is 121 cm³/mol. The van der Waals surface area contributed by atoms with Crippen LogP contribution in [0.3, 0.4) is 0 Å². The van der Waals surface area contributed by atoms with Crippen molar-refractivity contribution in [3.8, 4) is 11.1 Å². The zero-order valence-corrected chi connectivity index (χ0v) is 18.1. The van der Waals surface area contributed by atoms with Crippen LogP contribution < -0.4 is 10.6 Å². The fraction of sp³-hybridized carbons (Fsp3) is 0.333. The van der Waals surface area contributed by atoms with E-state index >= 15 is 0 Å². The first-order valence-electron chi connectivity index (χ1n) is 10.4. The molecular formula is C24H27ClN4O. The summed E-state index contributed by atoms with van der Waals surface area (Å²) < 4.78 is 1.80. The molecule has 2 aromatic carbocycles. The molecule has 0 aliphatic carbocycles. The maximum absolute atomic E-state index is 13.2. The van der Waals surface area contributed by atoms with Gasteiger partial charge in [0.25, 0.3) is 5.91 Å². The molecule has 3 aromatic rings. The summed E-state index contributed by atoms with van der Waals surface area (Å²) in [6.07, 6.45) is 7.19. The molecule has 2 heterocycles. The summed E-state index contributed by atoms with van der Waals surface area (Å²) in [5, 5.41) is 11.6. The van der Waals surface area contributed by atoms with E-state index in [-0.39, 0.29) is 18.0 Å². The van der Waals surface area contributed by atoms with Crippen LogP contribution in [-0.4, -0.2) is 28.3 Å². The van der Waals surface area contributed by atoms with Crippen molar-refractivity contribution in [2.24, 2.45) is 7.05 Å². The van der Waals surface area contributed by atoms with Crippen LogP contribution in [0.2, 0.25) is 5.02 Å². The maximum Gasteiger partial charge on any atom is 0.253 e. The second-order valence-corrected chi connectivity index (χ2v) is 8.37. The van der Waals surface area contributed by atoms with Gasteiger partial charge in [-0.25, -0.2) is 0 Å². The molecule has 0 spiro atoms. The largest absolute Gasteiger partial charge is 0.344 e. The van der Waals surface area contributed by atoms with Crippen LogP contribution in [0.1, 0.15) is 46.8 Å². The van der Waals surface area contributed by atoms with Crippen molar-refractivity contribution in [3.63, 3.8) is 0 Å². The minimum Gasteiger partial charge on any atom is -0.344 e. The predicted octanol–water partition coefficient (Wildman–Crippen LogP) is 4.66. The molecule has 1 aromatic heterocycles. The highest BCUT2D eigenvalue weighted by Gasteiger charge is 2.28. The third kappa shape index (κ3) is 4.42. The molecular weight excluding hydrogens is 396 g/mol. The molecule has 1 aliphatic rings. The van der Waals surface area contributed by atoms with Crippen LogP contribution in [0, 0.1) is 6.92 Å². The Balaban J connectivity index is 1.68. The van der Waals surface area contributed by atoms with Gasteiger partial charge in [0.1, 0.15) is 0 Å². The van der Waals surface area contributed by atoms with Crippen molar-refractivity contribution in [2.75, 3.05) is 6.54 Å². The van der Waals surface area contributed by atoms with Crippen LogP contribution in [-0.2, 0) is 7.05 Å². The number of piperidine rings is 1. The van der Waals surface area contributed by atoms with Crippen LogP contribution in [0.4, 0.5) is 0 Å². The molecule has 5 nitrogen and oxygen atoms in total. The molecule has 0 bridgehead atoms. The Morgan fingerprint density at radius 2 is 2.07 bits per heavy atom. The molecule has 30 heavy (non-hydrogen) atoms. The van der Waals surface area contributed by atoms with Crippen molar-refractivity contribution in [1.82, 2.24) is 20.4 Å². The number of benzene rings is 2. The van der Waals surface area contributed by atoms with E-state index < -0.39 is 0 Å². The molecule has 1 unspecified atom stereocenters. The van der Waals surface area contributed by atoms with Gasteiger partial charge in [0.05, 0.1) is 22.8 Å². The first-order chi connectivity index (χ1) is 14.5. The normalized spacial score (nSPS) is 17.5. The van der Waals surface area contributed by atoms with Gasteiger partial charge in [-0.2, -0.15) is 5.10 Å². The molecule has 1 saturated heterocycles. The summed E-state index contributed by atoms with van der Waals surface area (Å²) in [5.74, 6) is -0.137. The lowest BCUT2D eigenvalue weighted by atomic mass is 9.90. The number of carbonyl (C=O) groups excluding carboxylic acids is 1. The second-order valence-electron chi connectivity index (χ2n) is 7.97.